The van der Waals surface area contributed by atoms with Crippen LogP contribution in [0.3, 0.4) is 0 Å². The van der Waals surface area contributed by atoms with Crippen molar-refractivity contribution in [3.8, 4) is 11.5 Å². The van der Waals surface area contributed by atoms with Crippen LogP contribution in [0.2, 0.25) is 0 Å². The lowest BCUT2D eigenvalue weighted by atomic mass is 10.1. The number of rotatable bonds is 7. The monoisotopic (exact) mass is 480 g/mol. The number of nitrogens with zero attached hydrogens (tertiary/aromatic N) is 2. The Labute approximate surface area is 193 Å². The highest BCUT2D eigenvalue weighted by Crippen LogP contribution is 2.42. The molecule has 2 aromatic carbocycles. The number of amides is 2. The van der Waals surface area contributed by atoms with E-state index in [1.165, 1.54) is 49.9 Å². The highest BCUT2D eigenvalue weighted by Gasteiger charge is 2.37. The molecule has 2 aliphatic rings. The zero-order valence-corrected chi connectivity index (χ0v) is 19.2. The van der Waals surface area contributed by atoms with Gasteiger partial charge in [-0.25, -0.2) is 8.78 Å². The van der Waals surface area contributed by atoms with Crippen molar-refractivity contribution in [1.29, 1.82) is 0 Å². The Kier molecular flexibility index (Phi) is 6.80. The van der Waals surface area contributed by atoms with Gasteiger partial charge in [-0.05, 0) is 35.4 Å². The van der Waals surface area contributed by atoms with Crippen molar-refractivity contribution >= 4 is 35.3 Å². The van der Waals surface area contributed by atoms with Gasteiger partial charge in [-0.1, -0.05) is 12.1 Å². The Morgan fingerprint density at radius 1 is 0.812 bits per heavy atom. The quantitative estimate of drug-likeness (QED) is 0.601. The maximum absolute atomic E-state index is 14.2. The third kappa shape index (κ3) is 4.38. The van der Waals surface area contributed by atoms with Crippen LogP contribution in [0, 0.1) is 11.6 Å². The molecule has 2 amide bonds. The molecule has 2 saturated heterocycles. The van der Waals surface area contributed by atoms with Crippen LogP contribution in [0.15, 0.2) is 36.4 Å². The number of benzene rings is 2. The van der Waals surface area contributed by atoms with E-state index in [-0.39, 0.29) is 45.6 Å². The van der Waals surface area contributed by atoms with Gasteiger partial charge in [0.15, 0.2) is 23.1 Å². The van der Waals surface area contributed by atoms with Crippen LogP contribution < -0.4 is 9.47 Å². The van der Waals surface area contributed by atoms with E-state index >= 15 is 0 Å². The van der Waals surface area contributed by atoms with Gasteiger partial charge in [-0.2, -0.15) is 0 Å². The standard InChI is InChI=1S/C22H22F2N2O4S2/c1-29-17-5-3-13(9-15(17)23)21-25(19(27)11-31-21)7-8-26-20(28)12-32-22(26)14-4-6-18(30-2)16(24)10-14/h3-6,9-10,21-22H,7-8,11-12H2,1-2H3/t21-,22-/m1/s1. The molecule has 0 bridgehead atoms. The first kappa shape index (κ1) is 22.7. The average molecular weight is 481 g/mol. The van der Waals surface area contributed by atoms with Crippen molar-refractivity contribution in [2.75, 3.05) is 38.8 Å². The summed E-state index contributed by atoms with van der Waals surface area (Å²) in [4.78, 5) is 28.4. The van der Waals surface area contributed by atoms with E-state index in [1.54, 1.807) is 34.1 Å². The molecule has 2 fully saturated rings. The first-order chi connectivity index (χ1) is 15.4. The Bertz CT molecular complexity index is 957. The fraction of sp³-hybridized carbons (Fsp3) is 0.364. The fourth-order valence-electron chi connectivity index (χ4n) is 3.83. The molecule has 32 heavy (non-hydrogen) atoms. The van der Waals surface area contributed by atoms with E-state index in [2.05, 4.69) is 0 Å². The molecular formula is C22H22F2N2O4S2. The smallest absolute Gasteiger partial charge is 0.233 e. The Morgan fingerprint density at radius 3 is 1.56 bits per heavy atom. The van der Waals surface area contributed by atoms with Crippen molar-refractivity contribution in [2.45, 2.75) is 10.7 Å². The normalized spacial score (nSPS) is 20.9. The molecule has 0 aliphatic carbocycles. The number of ether oxygens (including phenoxy) is 2. The highest BCUT2D eigenvalue weighted by molar-refractivity contribution is 8.00. The minimum Gasteiger partial charge on any atom is -0.494 e. The summed E-state index contributed by atoms with van der Waals surface area (Å²) < 4.78 is 38.3. The predicted octanol–water partition coefficient (Wildman–Crippen LogP) is 3.83. The van der Waals surface area contributed by atoms with Crippen LogP contribution in [-0.2, 0) is 9.59 Å². The molecule has 4 rings (SSSR count). The van der Waals surface area contributed by atoms with Gasteiger partial charge < -0.3 is 19.3 Å². The van der Waals surface area contributed by atoms with Gasteiger partial charge in [0, 0.05) is 13.1 Å². The minimum absolute atomic E-state index is 0.0671. The molecule has 0 N–H and O–H groups in total. The molecular weight excluding hydrogens is 458 g/mol. The van der Waals surface area contributed by atoms with Gasteiger partial charge in [0.2, 0.25) is 11.8 Å². The first-order valence-corrected chi connectivity index (χ1v) is 12.0. The van der Waals surface area contributed by atoms with Crippen molar-refractivity contribution < 1.29 is 27.8 Å². The van der Waals surface area contributed by atoms with Gasteiger partial charge in [0.25, 0.3) is 0 Å². The summed E-state index contributed by atoms with van der Waals surface area (Å²) in [5.74, 6) is -0.254. The SMILES string of the molecule is COc1ccc([C@H]2SCC(=O)N2CCN2C(=O)CS[C@@H]2c2ccc(OC)c(F)c2)cc1F. The average Bonchev–Trinajstić information content (AvgIpc) is 3.34. The van der Waals surface area contributed by atoms with Crippen LogP contribution >= 0.6 is 23.5 Å². The zero-order valence-electron chi connectivity index (χ0n) is 17.5. The molecule has 2 atom stereocenters. The fourth-order valence-corrected chi connectivity index (χ4v) is 6.25. The van der Waals surface area contributed by atoms with Crippen LogP contribution in [-0.4, -0.2) is 60.4 Å². The molecule has 2 aliphatic heterocycles. The lowest BCUT2D eigenvalue weighted by molar-refractivity contribution is -0.132. The first-order valence-electron chi connectivity index (χ1n) is 9.92. The van der Waals surface area contributed by atoms with Crippen LogP contribution in [0.25, 0.3) is 0 Å². The van der Waals surface area contributed by atoms with Gasteiger partial charge in [0.05, 0.1) is 25.7 Å². The largest absolute Gasteiger partial charge is 0.494 e. The molecule has 170 valence electrons. The molecule has 2 aromatic rings. The summed E-state index contributed by atoms with van der Waals surface area (Å²) in [6.07, 6.45) is 0. The number of carbonyl (C=O) groups is 2. The summed E-state index contributed by atoms with van der Waals surface area (Å²) in [6.45, 7) is 0.594. The van der Waals surface area contributed by atoms with Gasteiger partial charge in [-0.15, -0.1) is 23.5 Å². The van der Waals surface area contributed by atoms with E-state index in [9.17, 15) is 18.4 Å². The van der Waals surface area contributed by atoms with E-state index < -0.39 is 11.6 Å². The van der Waals surface area contributed by atoms with Gasteiger partial charge in [-0.3, -0.25) is 9.59 Å². The number of thioether (sulfide) groups is 2. The summed E-state index contributed by atoms with van der Waals surface area (Å²) in [5, 5.41) is -0.685. The van der Waals surface area contributed by atoms with Gasteiger partial charge >= 0.3 is 0 Å². The topological polar surface area (TPSA) is 59.1 Å². The summed E-state index contributed by atoms with van der Waals surface area (Å²) in [7, 11) is 2.79. The number of hydrogen-bond donors (Lipinski definition) is 0. The molecule has 10 heteroatoms. The van der Waals surface area contributed by atoms with Crippen LogP contribution in [0.5, 0.6) is 11.5 Å². The van der Waals surface area contributed by atoms with E-state index in [0.717, 1.165) is 0 Å². The van der Waals surface area contributed by atoms with Crippen LogP contribution in [0.4, 0.5) is 8.78 Å². The summed E-state index contributed by atoms with van der Waals surface area (Å²) in [6, 6.07) is 9.32. The van der Waals surface area contributed by atoms with Crippen LogP contribution in [0.1, 0.15) is 21.9 Å². The van der Waals surface area contributed by atoms with Gasteiger partial charge in [0.1, 0.15) is 10.7 Å². The van der Waals surface area contributed by atoms with E-state index in [1.807, 2.05) is 0 Å². The maximum Gasteiger partial charge on any atom is 0.233 e. The molecule has 0 radical (unpaired) electrons. The molecule has 0 unspecified atom stereocenters. The van der Waals surface area contributed by atoms with Crippen molar-refractivity contribution in [3.63, 3.8) is 0 Å². The number of methoxy groups -OCH3 is 2. The van der Waals surface area contributed by atoms with Crippen molar-refractivity contribution in [2.24, 2.45) is 0 Å². The third-order valence-corrected chi connectivity index (χ3v) is 7.95. The zero-order chi connectivity index (χ0) is 22.8. The second-order valence-electron chi connectivity index (χ2n) is 7.29. The summed E-state index contributed by atoms with van der Waals surface area (Å²) >= 11 is 2.83. The summed E-state index contributed by atoms with van der Waals surface area (Å²) in [5.41, 5.74) is 1.32. The lowest BCUT2D eigenvalue weighted by Crippen LogP contribution is -2.39. The highest BCUT2D eigenvalue weighted by atomic mass is 32.2. The van der Waals surface area contributed by atoms with E-state index in [4.69, 9.17) is 9.47 Å². The number of halogens is 2. The molecule has 0 saturated carbocycles. The second-order valence-corrected chi connectivity index (χ2v) is 9.43. The Balaban J connectivity index is 1.50. The van der Waals surface area contributed by atoms with Crippen molar-refractivity contribution in [3.05, 3.63) is 59.2 Å². The van der Waals surface area contributed by atoms with E-state index in [0.29, 0.717) is 24.2 Å². The predicted molar refractivity (Wildman–Crippen MR) is 120 cm³/mol. The number of carbonyl (C=O) groups excluding carboxylic acids is 2. The maximum atomic E-state index is 14.2. The molecule has 6 nitrogen and oxygen atoms in total. The lowest BCUT2D eigenvalue weighted by Gasteiger charge is -2.29. The minimum atomic E-state index is -0.488. The number of hydrogen-bond acceptors (Lipinski definition) is 6. The molecule has 2 heterocycles. The Morgan fingerprint density at radius 2 is 1.22 bits per heavy atom. The molecule has 0 aromatic heterocycles. The van der Waals surface area contributed by atoms with Crippen molar-refractivity contribution in [1.82, 2.24) is 9.80 Å². The molecule has 0 spiro atoms. The second kappa shape index (κ2) is 9.58. The third-order valence-electron chi connectivity index (χ3n) is 5.44. The Hall–Kier alpha value is -2.46.